The van der Waals surface area contributed by atoms with E-state index in [1.54, 1.807) is 6.07 Å². The van der Waals surface area contributed by atoms with Crippen LogP contribution in [0, 0.1) is 0 Å². The first-order chi connectivity index (χ1) is 14.7. The summed E-state index contributed by atoms with van der Waals surface area (Å²) in [7, 11) is 0. The lowest BCUT2D eigenvalue weighted by atomic mass is 9.98. The highest BCUT2D eigenvalue weighted by atomic mass is 16.4. The molecule has 0 fully saturated rings. The molecule has 5 heteroatoms. The van der Waals surface area contributed by atoms with Crippen LogP contribution in [0.15, 0.2) is 78.9 Å². The number of benzene rings is 3. The minimum atomic E-state index is -0.840. The molecule has 0 saturated heterocycles. The minimum Gasteiger partial charge on any atom is -0.481 e. The second-order valence-electron chi connectivity index (χ2n) is 6.93. The summed E-state index contributed by atoms with van der Waals surface area (Å²) in [6, 6.07) is 25.1. The maximum atomic E-state index is 11.3. The third-order valence-electron chi connectivity index (χ3n) is 4.95. The number of carbonyl (C=O) groups excluding carboxylic acids is 1. The lowest BCUT2D eigenvalue weighted by Crippen LogP contribution is -2.08. The quantitative estimate of drug-likeness (QED) is 0.416. The number of aliphatic carboxylic acids is 1. The van der Waals surface area contributed by atoms with E-state index in [0.717, 1.165) is 45.3 Å². The van der Waals surface area contributed by atoms with E-state index in [9.17, 15) is 9.59 Å². The fraction of sp³-hybridized carbons (Fsp3) is 0.0800. The molecule has 0 bridgehead atoms. The zero-order chi connectivity index (χ0) is 20.9. The van der Waals surface area contributed by atoms with Crippen LogP contribution >= 0.6 is 0 Å². The molecule has 5 nitrogen and oxygen atoms in total. The van der Waals surface area contributed by atoms with Gasteiger partial charge in [0.15, 0.2) is 6.29 Å². The van der Waals surface area contributed by atoms with E-state index in [2.05, 4.69) is 5.32 Å². The Hall–Kier alpha value is -3.99. The Kier molecular flexibility index (Phi) is 5.52. The summed E-state index contributed by atoms with van der Waals surface area (Å²) >= 11 is 0. The number of nitrogens with one attached hydrogen (secondary N) is 1. The van der Waals surface area contributed by atoms with Crippen molar-refractivity contribution in [1.82, 2.24) is 4.98 Å². The number of rotatable bonds is 7. The van der Waals surface area contributed by atoms with Crippen molar-refractivity contribution in [1.29, 1.82) is 0 Å². The van der Waals surface area contributed by atoms with Gasteiger partial charge in [0.25, 0.3) is 0 Å². The number of nitrogens with zero attached hydrogens (tertiary/aromatic N) is 1. The first-order valence-electron chi connectivity index (χ1n) is 9.66. The minimum absolute atomic E-state index is 0.0385. The van der Waals surface area contributed by atoms with Crippen molar-refractivity contribution < 1.29 is 14.7 Å². The number of hydrogen-bond donors (Lipinski definition) is 2. The Morgan fingerprint density at radius 1 is 0.933 bits per heavy atom. The summed E-state index contributed by atoms with van der Waals surface area (Å²) in [5, 5.41) is 13.1. The topological polar surface area (TPSA) is 79.3 Å². The SMILES string of the molecule is O=Cc1ccccc1-c1ccc(-c2cc(NCCC(=O)O)c3ccccc3n2)cc1. The number of hydrogen-bond acceptors (Lipinski definition) is 4. The van der Waals surface area contributed by atoms with Gasteiger partial charge < -0.3 is 10.4 Å². The molecule has 2 N–H and O–H groups in total. The van der Waals surface area contributed by atoms with Crippen molar-refractivity contribution in [3.8, 4) is 22.4 Å². The summed E-state index contributed by atoms with van der Waals surface area (Å²) in [6.45, 7) is 0.337. The second kappa shape index (κ2) is 8.57. The highest BCUT2D eigenvalue weighted by Gasteiger charge is 2.09. The molecule has 0 saturated carbocycles. The van der Waals surface area contributed by atoms with Gasteiger partial charge in [0.05, 0.1) is 17.6 Å². The molecule has 4 rings (SSSR count). The van der Waals surface area contributed by atoms with E-state index in [1.807, 2.05) is 72.8 Å². The average Bonchev–Trinajstić information content (AvgIpc) is 2.78. The molecule has 1 aromatic heterocycles. The van der Waals surface area contributed by atoms with Gasteiger partial charge in [-0.2, -0.15) is 0 Å². The molecule has 148 valence electrons. The standard InChI is InChI=1S/C25H20N2O3/c28-16-19-5-1-2-6-20(19)17-9-11-18(12-10-17)23-15-24(26-14-13-25(29)30)21-7-3-4-8-22(21)27-23/h1-12,15-16H,13-14H2,(H,26,27)(H,29,30). The van der Waals surface area contributed by atoms with E-state index in [4.69, 9.17) is 10.1 Å². The lowest BCUT2D eigenvalue weighted by molar-refractivity contribution is -0.136. The highest BCUT2D eigenvalue weighted by Crippen LogP contribution is 2.30. The zero-order valence-electron chi connectivity index (χ0n) is 16.2. The van der Waals surface area contributed by atoms with Crippen LogP contribution in [0.25, 0.3) is 33.3 Å². The predicted octanol–water partition coefficient (Wildman–Crippen LogP) is 5.27. The number of carboxylic acids is 1. The van der Waals surface area contributed by atoms with Gasteiger partial charge >= 0.3 is 5.97 Å². The maximum absolute atomic E-state index is 11.3. The third-order valence-corrected chi connectivity index (χ3v) is 4.95. The number of fused-ring (bicyclic) bond motifs is 1. The average molecular weight is 396 g/mol. The van der Waals surface area contributed by atoms with Crippen molar-refractivity contribution in [3.05, 3.63) is 84.4 Å². The summed E-state index contributed by atoms with van der Waals surface area (Å²) < 4.78 is 0. The number of carbonyl (C=O) groups is 2. The number of anilines is 1. The van der Waals surface area contributed by atoms with Crippen LogP contribution in [-0.4, -0.2) is 28.9 Å². The number of pyridine rings is 1. The van der Waals surface area contributed by atoms with Gasteiger partial charge in [-0.25, -0.2) is 4.98 Å². The van der Waals surface area contributed by atoms with Gasteiger partial charge in [-0.05, 0) is 23.3 Å². The molecule has 0 amide bonds. The maximum Gasteiger partial charge on any atom is 0.305 e. The Balaban J connectivity index is 1.70. The van der Waals surface area contributed by atoms with E-state index >= 15 is 0 Å². The molecule has 30 heavy (non-hydrogen) atoms. The predicted molar refractivity (Wildman–Crippen MR) is 119 cm³/mol. The van der Waals surface area contributed by atoms with Crippen LogP contribution in [0.5, 0.6) is 0 Å². The summed E-state index contributed by atoms with van der Waals surface area (Å²) in [6.07, 6.45) is 0.903. The Morgan fingerprint density at radius 3 is 2.40 bits per heavy atom. The summed E-state index contributed by atoms with van der Waals surface area (Å²) in [4.78, 5) is 27.0. The molecule has 3 aromatic carbocycles. The number of para-hydroxylation sites is 1. The fourth-order valence-corrected chi connectivity index (χ4v) is 3.46. The normalized spacial score (nSPS) is 10.7. The van der Waals surface area contributed by atoms with E-state index in [1.165, 1.54) is 0 Å². The highest BCUT2D eigenvalue weighted by molar-refractivity contribution is 5.94. The number of carboxylic acid groups (broad SMARTS) is 1. The van der Waals surface area contributed by atoms with Crippen LogP contribution in [0.1, 0.15) is 16.8 Å². The first kappa shape index (κ1) is 19.3. The number of aldehydes is 1. The molecule has 0 unspecified atom stereocenters. The van der Waals surface area contributed by atoms with Gasteiger partial charge in [0.1, 0.15) is 0 Å². The first-order valence-corrected chi connectivity index (χ1v) is 9.66. The molecular weight excluding hydrogens is 376 g/mol. The molecule has 0 spiro atoms. The van der Waals surface area contributed by atoms with E-state index < -0.39 is 5.97 Å². The summed E-state index contributed by atoms with van der Waals surface area (Å²) in [5.74, 6) is -0.840. The van der Waals surface area contributed by atoms with Crippen molar-refractivity contribution in [2.45, 2.75) is 6.42 Å². The molecule has 0 atom stereocenters. The zero-order valence-corrected chi connectivity index (χ0v) is 16.2. The second-order valence-corrected chi connectivity index (χ2v) is 6.93. The molecule has 0 aliphatic rings. The lowest BCUT2D eigenvalue weighted by Gasteiger charge is -2.12. The van der Waals surface area contributed by atoms with Crippen molar-refractivity contribution in [2.75, 3.05) is 11.9 Å². The van der Waals surface area contributed by atoms with Crippen molar-refractivity contribution in [2.24, 2.45) is 0 Å². The largest absolute Gasteiger partial charge is 0.481 e. The number of aromatic nitrogens is 1. The molecule has 0 radical (unpaired) electrons. The van der Waals surface area contributed by atoms with Crippen LogP contribution in [0.3, 0.4) is 0 Å². The smallest absolute Gasteiger partial charge is 0.305 e. The van der Waals surface area contributed by atoms with Gasteiger partial charge in [-0.3, -0.25) is 9.59 Å². The summed E-state index contributed by atoms with van der Waals surface area (Å²) in [5.41, 5.74) is 5.93. The van der Waals surface area contributed by atoms with Gasteiger partial charge in [0, 0.05) is 28.7 Å². The fourth-order valence-electron chi connectivity index (χ4n) is 3.46. The van der Waals surface area contributed by atoms with Gasteiger partial charge in [-0.15, -0.1) is 0 Å². The van der Waals surface area contributed by atoms with E-state index in [0.29, 0.717) is 12.1 Å². The van der Waals surface area contributed by atoms with Crippen LogP contribution in [0.2, 0.25) is 0 Å². The molecule has 0 aliphatic heterocycles. The molecule has 0 aliphatic carbocycles. The molecular formula is C25H20N2O3. The third kappa shape index (κ3) is 4.05. The van der Waals surface area contributed by atoms with E-state index in [-0.39, 0.29) is 6.42 Å². The molecule has 1 heterocycles. The Morgan fingerprint density at radius 2 is 1.63 bits per heavy atom. The van der Waals surface area contributed by atoms with Crippen LogP contribution < -0.4 is 5.32 Å². The van der Waals surface area contributed by atoms with Gasteiger partial charge in [-0.1, -0.05) is 66.7 Å². The van der Waals surface area contributed by atoms with Crippen LogP contribution in [-0.2, 0) is 4.79 Å². The monoisotopic (exact) mass is 396 g/mol. The molecule has 4 aromatic rings. The van der Waals surface area contributed by atoms with Gasteiger partial charge in [0.2, 0.25) is 0 Å². The van der Waals surface area contributed by atoms with Crippen molar-refractivity contribution in [3.63, 3.8) is 0 Å². The Labute approximate surface area is 174 Å². The van der Waals surface area contributed by atoms with Crippen LogP contribution in [0.4, 0.5) is 5.69 Å². The Bertz CT molecular complexity index is 1220. The van der Waals surface area contributed by atoms with Crippen molar-refractivity contribution >= 4 is 28.8 Å².